The van der Waals surface area contributed by atoms with Crippen molar-refractivity contribution in [2.75, 3.05) is 45.9 Å². The highest BCUT2D eigenvalue weighted by Gasteiger charge is 2.25. The molecule has 0 spiro atoms. The summed E-state index contributed by atoms with van der Waals surface area (Å²) in [4.78, 5) is 35.3. The van der Waals surface area contributed by atoms with Crippen molar-refractivity contribution in [1.82, 2.24) is 14.7 Å². The molecule has 1 aliphatic rings. The minimum absolute atomic E-state index is 0.0423. The van der Waals surface area contributed by atoms with Gasteiger partial charge in [-0.2, -0.15) is 0 Å². The van der Waals surface area contributed by atoms with Gasteiger partial charge in [0.05, 0.1) is 30.3 Å². The molecule has 0 bridgehead atoms. The molecule has 0 aliphatic carbocycles. The van der Waals surface area contributed by atoms with Gasteiger partial charge in [0.15, 0.2) is 0 Å². The van der Waals surface area contributed by atoms with Gasteiger partial charge in [-0.15, -0.1) is 11.3 Å². The predicted octanol–water partition coefficient (Wildman–Crippen LogP) is 5.37. The summed E-state index contributed by atoms with van der Waals surface area (Å²) < 4.78 is 5.45. The van der Waals surface area contributed by atoms with Crippen LogP contribution in [0.2, 0.25) is 10.0 Å². The maximum absolute atomic E-state index is 13.7. The Labute approximate surface area is 232 Å². The predicted molar refractivity (Wildman–Crippen MR) is 149 cm³/mol. The van der Waals surface area contributed by atoms with E-state index in [0.29, 0.717) is 50.0 Å². The summed E-state index contributed by atoms with van der Waals surface area (Å²) in [6, 6.07) is 18.8. The molecule has 1 fully saturated rings. The molecule has 2 aromatic carbocycles. The summed E-state index contributed by atoms with van der Waals surface area (Å²) >= 11 is 14.1. The van der Waals surface area contributed by atoms with Crippen LogP contribution in [0.15, 0.2) is 60.7 Å². The number of ether oxygens (including phenoxy) is 1. The van der Waals surface area contributed by atoms with Crippen LogP contribution in [-0.4, -0.2) is 72.5 Å². The number of morpholine rings is 1. The molecule has 2 heterocycles. The second-order valence-corrected chi connectivity index (χ2v) is 11.3. The second kappa shape index (κ2) is 13.4. The van der Waals surface area contributed by atoms with E-state index in [4.69, 9.17) is 27.9 Å². The monoisotopic (exact) mass is 559 g/mol. The van der Waals surface area contributed by atoms with Crippen molar-refractivity contribution in [1.29, 1.82) is 0 Å². The average molecular weight is 561 g/mol. The molecule has 37 heavy (non-hydrogen) atoms. The van der Waals surface area contributed by atoms with E-state index in [9.17, 15) is 9.59 Å². The largest absolute Gasteiger partial charge is 0.379 e. The van der Waals surface area contributed by atoms with Crippen LogP contribution >= 0.6 is 34.5 Å². The van der Waals surface area contributed by atoms with E-state index in [-0.39, 0.29) is 23.4 Å². The number of carbonyl (C=O) groups excluding carboxylic acids is 2. The van der Waals surface area contributed by atoms with Gasteiger partial charge < -0.3 is 14.5 Å². The summed E-state index contributed by atoms with van der Waals surface area (Å²) in [6.45, 7) is 6.95. The van der Waals surface area contributed by atoms with Crippen LogP contribution in [0.1, 0.15) is 25.7 Å². The first-order chi connectivity index (χ1) is 17.9. The first-order valence-electron chi connectivity index (χ1n) is 12.3. The molecule has 0 saturated carbocycles. The number of rotatable bonds is 10. The lowest BCUT2D eigenvalue weighted by Gasteiger charge is -2.31. The van der Waals surface area contributed by atoms with Crippen molar-refractivity contribution >= 4 is 46.4 Å². The van der Waals surface area contributed by atoms with Crippen molar-refractivity contribution in [3.05, 3.63) is 91.6 Å². The summed E-state index contributed by atoms with van der Waals surface area (Å²) in [6.07, 6.45) is 0. The van der Waals surface area contributed by atoms with Gasteiger partial charge in [-0.3, -0.25) is 14.5 Å². The lowest BCUT2D eigenvalue weighted by Crippen LogP contribution is -2.47. The molecule has 3 aromatic rings. The van der Waals surface area contributed by atoms with Crippen molar-refractivity contribution in [2.24, 2.45) is 0 Å². The van der Waals surface area contributed by atoms with Crippen LogP contribution in [0.3, 0.4) is 0 Å². The Morgan fingerprint density at radius 3 is 2.41 bits per heavy atom. The number of hydrogen-bond donors (Lipinski definition) is 0. The molecule has 1 aliphatic heterocycles. The van der Waals surface area contributed by atoms with Crippen molar-refractivity contribution in [3.8, 4) is 0 Å². The number of thiophene rings is 1. The van der Waals surface area contributed by atoms with E-state index < -0.39 is 0 Å². The molecule has 0 N–H and O–H groups in total. The van der Waals surface area contributed by atoms with Gasteiger partial charge in [-0.1, -0.05) is 53.5 Å². The lowest BCUT2D eigenvalue weighted by atomic mass is 10.2. The Bertz CT molecular complexity index is 1200. The fourth-order valence-corrected chi connectivity index (χ4v) is 5.63. The molecule has 9 heteroatoms. The zero-order valence-electron chi connectivity index (χ0n) is 20.9. The maximum atomic E-state index is 13.7. The number of aryl methyl sites for hydroxylation is 1. The molecule has 0 radical (unpaired) electrons. The number of nitrogens with zero attached hydrogens (tertiary/aromatic N) is 3. The third-order valence-corrected chi connectivity index (χ3v) is 7.81. The molecule has 1 saturated heterocycles. The molecule has 2 amide bonds. The highest BCUT2D eigenvalue weighted by molar-refractivity contribution is 7.11. The molecular formula is C28H31Cl2N3O3S. The quantitative estimate of drug-likeness (QED) is 0.335. The van der Waals surface area contributed by atoms with Gasteiger partial charge >= 0.3 is 0 Å². The van der Waals surface area contributed by atoms with E-state index in [1.54, 1.807) is 34.4 Å². The van der Waals surface area contributed by atoms with E-state index in [2.05, 4.69) is 24.0 Å². The Balaban J connectivity index is 1.55. The van der Waals surface area contributed by atoms with Gasteiger partial charge in [-0.25, -0.2) is 0 Å². The van der Waals surface area contributed by atoms with Crippen molar-refractivity contribution in [2.45, 2.75) is 20.0 Å². The van der Waals surface area contributed by atoms with Crippen molar-refractivity contribution < 1.29 is 14.3 Å². The molecule has 4 rings (SSSR count). The standard InChI is InChI=1S/C28H31Cl2N3O3S/c1-21-7-9-24(37-21)19-33(18-22-5-3-2-4-6-22)27(34)20-32(12-11-31-13-15-36-16-14-31)28(35)25-10-8-23(29)17-26(25)30/h2-10,17H,11-16,18-20H2,1H3. The average Bonchev–Trinajstić information content (AvgIpc) is 3.31. The lowest BCUT2D eigenvalue weighted by molar-refractivity contribution is -0.133. The molecule has 0 atom stereocenters. The van der Waals surface area contributed by atoms with E-state index in [0.717, 1.165) is 23.5 Å². The Hall–Kier alpha value is -2.42. The maximum Gasteiger partial charge on any atom is 0.255 e. The fourth-order valence-electron chi connectivity index (χ4n) is 4.23. The van der Waals surface area contributed by atoms with Crippen molar-refractivity contribution in [3.63, 3.8) is 0 Å². The third kappa shape index (κ3) is 8.03. The summed E-state index contributed by atoms with van der Waals surface area (Å²) in [5, 5.41) is 0.731. The molecule has 6 nitrogen and oxygen atoms in total. The number of amides is 2. The Kier molecular flexibility index (Phi) is 10.00. The SMILES string of the molecule is Cc1ccc(CN(Cc2ccccc2)C(=O)CN(CCN2CCOCC2)C(=O)c2ccc(Cl)cc2Cl)s1. The van der Waals surface area contributed by atoms with Crippen LogP contribution in [0.5, 0.6) is 0 Å². The van der Waals surface area contributed by atoms with Crippen LogP contribution in [0, 0.1) is 6.92 Å². The topological polar surface area (TPSA) is 53.1 Å². The Morgan fingerprint density at radius 2 is 1.73 bits per heavy atom. The van der Waals surface area contributed by atoms with Crippen LogP contribution in [-0.2, 0) is 22.6 Å². The molecule has 1 aromatic heterocycles. The minimum atomic E-state index is -0.282. The number of hydrogen-bond acceptors (Lipinski definition) is 5. The van der Waals surface area contributed by atoms with E-state index >= 15 is 0 Å². The van der Waals surface area contributed by atoms with Gasteiger partial charge in [0.1, 0.15) is 6.54 Å². The zero-order chi connectivity index (χ0) is 26.2. The number of halogens is 2. The van der Waals surface area contributed by atoms with Gasteiger partial charge in [0, 0.05) is 47.5 Å². The second-order valence-electron chi connectivity index (χ2n) is 9.05. The van der Waals surface area contributed by atoms with Crippen LogP contribution < -0.4 is 0 Å². The summed E-state index contributed by atoms with van der Waals surface area (Å²) in [5.41, 5.74) is 1.38. The first-order valence-corrected chi connectivity index (χ1v) is 13.9. The normalized spacial score (nSPS) is 13.9. The highest BCUT2D eigenvalue weighted by Crippen LogP contribution is 2.23. The zero-order valence-corrected chi connectivity index (χ0v) is 23.2. The third-order valence-electron chi connectivity index (χ3n) is 6.28. The summed E-state index contributed by atoms with van der Waals surface area (Å²) in [5.74, 6) is -0.398. The fraction of sp³-hybridized carbons (Fsp3) is 0.357. The molecule has 196 valence electrons. The van der Waals surface area contributed by atoms with E-state index in [1.165, 1.54) is 4.88 Å². The van der Waals surface area contributed by atoms with E-state index in [1.807, 2.05) is 35.2 Å². The van der Waals surface area contributed by atoms with Gasteiger partial charge in [0.2, 0.25) is 5.91 Å². The van der Waals surface area contributed by atoms with Gasteiger partial charge in [0.25, 0.3) is 5.91 Å². The smallest absolute Gasteiger partial charge is 0.255 e. The molecule has 0 unspecified atom stereocenters. The first kappa shape index (κ1) is 27.6. The Morgan fingerprint density at radius 1 is 0.973 bits per heavy atom. The summed E-state index contributed by atoms with van der Waals surface area (Å²) in [7, 11) is 0. The minimum Gasteiger partial charge on any atom is -0.379 e. The molecular weight excluding hydrogens is 529 g/mol. The van der Waals surface area contributed by atoms with Crippen LogP contribution in [0.25, 0.3) is 0 Å². The van der Waals surface area contributed by atoms with Gasteiger partial charge in [-0.05, 0) is 42.8 Å². The highest BCUT2D eigenvalue weighted by atomic mass is 35.5. The van der Waals surface area contributed by atoms with Crippen LogP contribution in [0.4, 0.5) is 0 Å². The number of benzene rings is 2. The number of carbonyl (C=O) groups is 2.